The number of carboxylic acids is 1. The first-order valence-electron chi connectivity index (χ1n) is 10.9. The lowest BCUT2D eigenvalue weighted by Gasteiger charge is -2.18. The summed E-state index contributed by atoms with van der Waals surface area (Å²) >= 11 is 0. The number of hydrogen-bond acceptors (Lipinski definition) is 4. The largest absolute Gasteiger partial charge is 0.481 e. The average Bonchev–Trinajstić information content (AvgIpc) is 2.84. The van der Waals surface area contributed by atoms with Crippen molar-refractivity contribution in [3.63, 3.8) is 0 Å². The molecule has 1 atom stereocenters. The Morgan fingerprint density at radius 3 is 2.21 bits per heavy atom. The number of nitrogens with one attached hydrogen (secondary N) is 4. The monoisotopic (exact) mass is 466 g/mol. The molecule has 9 nitrogen and oxygen atoms in total. The van der Waals surface area contributed by atoms with Crippen LogP contribution in [0.15, 0.2) is 67.3 Å². The fourth-order valence-electron chi connectivity index (χ4n) is 3.16. The number of urea groups is 1. The normalized spacial score (nSPS) is 11.1. The smallest absolute Gasteiger partial charge is 0.315 e. The maximum Gasteiger partial charge on any atom is 0.315 e. The maximum absolute atomic E-state index is 12.3. The van der Waals surface area contributed by atoms with Crippen LogP contribution in [0.4, 0.5) is 4.79 Å². The van der Waals surface area contributed by atoms with E-state index < -0.39 is 17.9 Å². The zero-order valence-corrected chi connectivity index (χ0v) is 18.9. The van der Waals surface area contributed by atoms with E-state index in [-0.39, 0.29) is 31.3 Å². The second-order valence-corrected chi connectivity index (χ2v) is 7.51. The van der Waals surface area contributed by atoms with Crippen LogP contribution in [-0.2, 0) is 14.4 Å². The molecular formula is C25H30N4O5. The Kier molecular flexibility index (Phi) is 10.8. The summed E-state index contributed by atoms with van der Waals surface area (Å²) in [5.41, 5.74) is 2.66. The Bertz CT molecular complexity index is 977. The van der Waals surface area contributed by atoms with Gasteiger partial charge in [-0.15, -0.1) is 6.58 Å². The zero-order valence-electron chi connectivity index (χ0n) is 18.9. The molecule has 0 aromatic heterocycles. The molecule has 0 saturated heterocycles. The van der Waals surface area contributed by atoms with Crippen molar-refractivity contribution < 1.29 is 24.3 Å². The van der Waals surface area contributed by atoms with Crippen molar-refractivity contribution in [2.75, 3.05) is 19.6 Å². The van der Waals surface area contributed by atoms with Crippen LogP contribution in [-0.4, -0.2) is 48.6 Å². The van der Waals surface area contributed by atoms with E-state index in [0.29, 0.717) is 25.1 Å². The van der Waals surface area contributed by atoms with Crippen LogP contribution in [0.1, 0.15) is 30.9 Å². The summed E-state index contributed by atoms with van der Waals surface area (Å²) in [6.45, 7) is 3.88. The van der Waals surface area contributed by atoms with Gasteiger partial charge in [0.2, 0.25) is 11.8 Å². The number of carboxylic acid groups (broad SMARTS) is 1. The van der Waals surface area contributed by atoms with Crippen LogP contribution in [0, 0.1) is 0 Å². The first kappa shape index (κ1) is 26.1. The van der Waals surface area contributed by atoms with Gasteiger partial charge in [-0.2, -0.15) is 0 Å². The highest BCUT2D eigenvalue weighted by Gasteiger charge is 2.18. The van der Waals surface area contributed by atoms with Crippen molar-refractivity contribution in [1.29, 1.82) is 0 Å². The van der Waals surface area contributed by atoms with E-state index in [1.165, 1.54) is 0 Å². The van der Waals surface area contributed by atoms with Gasteiger partial charge in [0.15, 0.2) is 0 Å². The first-order chi connectivity index (χ1) is 16.4. The lowest BCUT2D eigenvalue weighted by atomic mass is 9.99. The third kappa shape index (κ3) is 9.56. The summed E-state index contributed by atoms with van der Waals surface area (Å²) < 4.78 is 0. The first-order valence-corrected chi connectivity index (χ1v) is 10.9. The van der Waals surface area contributed by atoms with E-state index in [2.05, 4.69) is 27.8 Å². The molecule has 9 heteroatoms. The lowest BCUT2D eigenvalue weighted by molar-refractivity contribution is -0.138. The Hall–Kier alpha value is -4.14. The predicted molar refractivity (Wildman–Crippen MR) is 129 cm³/mol. The Balaban J connectivity index is 1.81. The van der Waals surface area contributed by atoms with E-state index in [1.807, 2.05) is 42.5 Å². The number of aliphatic carboxylic acids is 1. The standard InChI is InChI=1S/C25H30N4O5/c1-2-14-26-25(34)27-15-6-9-22(30)28-17-23(31)29-21(16-24(32)33)20-12-10-19(11-13-20)18-7-4-3-5-8-18/h2-5,7-8,10-13,21H,1,6,9,14-17H2,(H,28,30)(H,29,31)(H,32,33)(H2,26,27,34). The second kappa shape index (κ2) is 14.1. The molecule has 2 rings (SSSR count). The van der Waals surface area contributed by atoms with Crippen LogP contribution in [0.2, 0.25) is 0 Å². The van der Waals surface area contributed by atoms with Crippen molar-refractivity contribution in [2.45, 2.75) is 25.3 Å². The van der Waals surface area contributed by atoms with Gasteiger partial charge >= 0.3 is 12.0 Å². The van der Waals surface area contributed by atoms with E-state index in [0.717, 1.165) is 11.1 Å². The molecule has 0 spiro atoms. The minimum absolute atomic E-state index is 0.133. The average molecular weight is 467 g/mol. The van der Waals surface area contributed by atoms with Crippen LogP contribution >= 0.6 is 0 Å². The second-order valence-electron chi connectivity index (χ2n) is 7.51. The summed E-state index contributed by atoms with van der Waals surface area (Å²) in [4.78, 5) is 47.0. The molecule has 2 aromatic rings. The molecule has 0 saturated carbocycles. The van der Waals surface area contributed by atoms with E-state index >= 15 is 0 Å². The highest BCUT2D eigenvalue weighted by Crippen LogP contribution is 2.23. The molecule has 0 bridgehead atoms. The zero-order chi connectivity index (χ0) is 24.8. The predicted octanol–water partition coefficient (Wildman–Crippen LogP) is 2.37. The van der Waals surface area contributed by atoms with Gasteiger partial charge in [0, 0.05) is 19.5 Å². The molecule has 0 fully saturated rings. The van der Waals surface area contributed by atoms with Gasteiger partial charge in [-0.1, -0.05) is 60.7 Å². The third-order valence-electron chi connectivity index (χ3n) is 4.85. The SMILES string of the molecule is C=CCNC(=O)NCCCC(=O)NCC(=O)NC(CC(=O)O)c1ccc(-c2ccccc2)cc1. The van der Waals surface area contributed by atoms with Crippen LogP contribution in [0.25, 0.3) is 11.1 Å². The quantitative estimate of drug-likeness (QED) is 0.228. The summed E-state index contributed by atoms with van der Waals surface area (Å²) in [5, 5.41) is 19.6. The molecule has 34 heavy (non-hydrogen) atoms. The number of rotatable bonds is 13. The molecule has 0 aliphatic rings. The van der Waals surface area contributed by atoms with Gasteiger partial charge in [-0.05, 0) is 23.1 Å². The number of amides is 4. The van der Waals surface area contributed by atoms with E-state index in [9.17, 15) is 24.3 Å². The molecule has 1 unspecified atom stereocenters. The molecule has 0 radical (unpaired) electrons. The highest BCUT2D eigenvalue weighted by molar-refractivity contribution is 5.85. The molecule has 0 aliphatic heterocycles. The molecule has 0 aliphatic carbocycles. The third-order valence-corrected chi connectivity index (χ3v) is 4.85. The molecular weight excluding hydrogens is 436 g/mol. The topological polar surface area (TPSA) is 137 Å². The van der Waals surface area contributed by atoms with Gasteiger partial charge in [-0.25, -0.2) is 4.79 Å². The number of benzene rings is 2. The minimum Gasteiger partial charge on any atom is -0.481 e. The van der Waals surface area contributed by atoms with Crippen molar-refractivity contribution in [2.24, 2.45) is 0 Å². The Morgan fingerprint density at radius 1 is 0.882 bits per heavy atom. The summed E-state index contributed by atoms with van der Waals surface area (Å²) in [7, 11) is 0. The van der Waals surface area contributed by atoms with Crippen LogP contribution in [0.3, 0.4) is 0 Å². The summed E-state index contributed by atoms with van der Waals surface area (Å²) in [6.07, 6.45) is 1.81. The summed E-state index contributed by atoms with van der Waals surface area (Å²) in [6, 6.07) is 16.0. The van der Waals surface area contributed by atoms with Gasteiger partial charge < -0.3 is 26.4 Å². The van der Waals surface area contributed by atoms with Gasteiger partial charge in [0.1, 0.15) is 0 Å². The lowest BCUT2D eigenvalue weighted by Crippen LogP contribution is -2.39. The molecule has 4 amide bonds. The van der Waals surface area contributed by atoms with E-state index in [1.54, 1.807) is 18.2 Å². The van der Waals surface area contributed by atoms with Gasteiger partial charge in [0.05, 0.1) is 19.0 Å². The number of carbonyl (C=O) groups excluding carboxylic acids is 3. The highest BCUT2D eigenvalue weighted by atomic mass is 16.4. The summed E-state index contributed by atoms with van der Waals surface area (Å²) in [5.74, 6) is -1.88. The fraction of sp³-hybridized carbons (Fsp3) is 0.280. The van der Waals surface area contributed by atoms with Crippen LogP contribution < -0.4 is 21.3 Å². The Morgan fingerprint density at radius 2 is 1.56 bits per heavy atom. The maximum atomic E-state index is 12.3. The fourth-order valence-corrected chi connectivity index (χ4v) is 3.16. The minimum atomic E-state index is -1.05. The van der Waals surface area contributed by atoms with Crippen LogP contribution in [0.5, 0.6) is 0 Å². The van der Waals surface area contributed by atoms with Crippen molar-refractivity contribution in [3.05, 3.63) is 72.8 Å². The van der Waals surface area contributed by atoms with Crippen molar-refractivity contribution in [3.8, 4) is 11.1 Å². The molecule has 180 valence electrons. The number of hydrogen-bond donors (Lipinski definition) is 5. The molecule has 5 N–H and O–H groups in total. The van der Waals surface area contributed by atoms with Crippen molar-refractivity contribution in [1.82, 2.24) is 21.3 Å². The Labute approximate surface area is 198 Å². The number of carbonyl (C=O) groups is 4. The van der Waals surface area contributed by atoms with Crippen molar-refractivity contribution >= 4 is 23.8 Å². The van der Waals surface area contributed by atoms with Gasteiger partial charge in [0.25, 0.3) is 0 Å². The molecule has 2 aromatic carbocycles. The van der Waals surface area contributed by atoms with Gasteiger partial charge in [-0.3, -0.25) is 14.4 Å². The van der Waals surface area contributed by atoms with E-state index in [4.69, 9.17) is 0 Å². The molecule has 0 heterocycles.